The summed E-state index contributed by atoms with van der Waals surface area (Å²) in [6.45, 7) is 10.4. The van der Waals surface area contributed by atoms with Crippen molar-refractivity contribution in [2.24, 2.45) is 0 Å². The van der Waals surface area contributed by atoms with Crippen LogP contribution in [0.15, 0.2) is 0 Å². The number of ether oxygens (including phenoxy) is 1. The van der Waals surface area contributed by atoms with Gasteiger partial charge in [-0.3, -0.25) is 0 Å². The highest BCUT2D eigenvalue weighted by atomic mass is 27.0. The van der Waals surface area contributed by atoms with Crippen molar-refractivity contribution in [3.63, 3.8) is 0 Å². The van der Waals surface area contributed by atoms with Gasteiger partial charge >= 0.3 is 0 Å². The Morgan fingerprint density at radius 1 is 1.10 bits per heavy atom. The summed E-state index contributed by atoms with van der Waals surface area (Å²) in [5, 5.41) is 1.39. The third-order valence-electron chi connectivity index (χ3n) is 0.544. The molecule has 10 heavy (non-hydrogen) atoms. The Balaban J connectivity index is 0. The van der Waals surface area contributed by atoms with E-state index in [4.69, 9.17) is 4.74 Å². The summed E-state index contributed by atoms with van der Waals surface area (Å²) in [4.78, 5) is 0. The quantitative estimate of drug-likeness (QED) is 0.560. The fourth-order valence-electron chi connectivity index (χ4n) is 0.544. The third-order valence-corrected chi connectivity index (χ3v) is 0.544. The minimum absolute atomic E-state index is 0.375. The number of rotatable bonds is 2. The Labute approximate surface area is 73.6 Å². The molecule has 0 aromatic rings. The molecule has 0 saturated heterocycles. The summed E-state index contributed by atoms with van der Waals surface area (Å²) in [5.41, 5.74) is 0. The zero-order chi connectivity index (χ0) is 8.57. The van der Waals surface area contributed by atoms with Crippen molar-refractivity contribution < 1.29 is 4.74 Å². The summed E-state index contributed by atoms with van der Waals surface area (Å²) in [5.74, 6) is 0. The lowest BCUT2D eigenvalue weighted by atomic mass is 10.4. The van der Waals surface area contributed by atoms with E-state index in [0.717, 1.165) is 0 Å². The van der Waals surface area contributed by atoms with Crippen LogP contribution in [0.2, 0.25) is 5.28 Å². The first kappa shape index (κ1) is 13.1. The van der Waals surface area contributed by atoms with Crippen molar-refractivity contribution >= 4 is 16.3 Å². The molecule has 0 aliphatic carbocycles. The van der Waals surface area contributed by atoms with E-state index < -0.39 is 0 Å². The van der Waals surface area contributed by atoms with Crippen LogP contribution in [-0.2, 0) is 4.74 Å². The Morgan fingerprint density at radius 3 is 1.30 bits per heavy atom. The smallest absolute Gasteiger partial charge is 0.211 e. The van der Waals surface area contributed by atoms with Gasteiger partial charge in [0.05, 0.1) is 12.2 Å². The Kier molecular flexibility index (Phi) is 12.4. The van der Waals surface area contributed by atoms with Gasteiger partial charge in [-0.05, 0) is 27.7 Å². The van der Waals surface area contributed by atoms with E-state index >= 15 is 0 Å². The van der Waals surface area contributed by atoms with Crippen molar-refractivity contribution in [1.29, 1.82) is 0 Å². The van der Waals surface area contributed by atoms with Crippen molar-refractivity contribution in [3.8, 4) is 0 Å². The molecule has 1 nitrogen and oxygen atoms in total. The van der Waals surface area contributed by atoms with Crippen LogP contribution in [0.3, 0.4) is 0 Å². The average Bonchev–Trinajstić information content (AvgIpc) is 1.62. The highest BCUT2D eigenvalue weighted by Crippen LogP contribution is 1.93. The Bertz CT molecular complexity index is 47.2. The van der Waals surface area contributed by atoms with E-state index in [-0.39, 0.29) is 0 Å². The van der Waals surface area contributed by atoms with Crippen LogP contribution in [0.1, 0.15) is 34.6 Å². The topological polar surface area (TPSA) is 9.23 Å². The van der Waals surface area contributed by atoms with Crippen molar-refractivity contribution in [2.75, 3.05) is 0 Å². The molecule has 0 unspecified atom stereocenters. The summed E-state index contributed by atoms with van der Waals surface area (Å²) < 4.78 is 5.25. The van der Waals surface area contributed by atoms with Gasteiger partial charge in [0.2, 0.25) is 16.3 Å². The van der Waals surface area contributed by atoms with Gasteiger partial charge < -0.3 is 4.74 Å². The minimum Gasteiger partial charge on any atom is -0.376 e. The maximum atomic E-state index is 5.25. The van der Waals surface area contributed by atoms with Crippen LogP contribution in [0, 0.1) is 0 Å². The SMILES string of the molecule is CC(C)OC(C)C.C[CH2][AlH2]. The van der Waals surface area contributed by atoms with E-state index in [9.17, 15) is 0 Å². The maximum absolute atomic E-state index is 5.25. The second-order valence-corrected chi connectivity index (χ2v) is 4.35. The number of hydrogen-bond acceptors (Lipinski definition) is 1. The fraction of sp³-hybridized carbons (Fsp3) is 1.00. The second kappa shape index (κ2) is 9.49. The second-order valence-electron chi connectivity index (χ2n) is 2.94. The van der Waals surface area contributed by atoms with Crippen LogP contribution < -0.4 is 0 Å². The van der Waals surface area contributed by atoms with E-state index in [1.165, 1.54) is 21.6 Å². The molecule has 0 aromatic carbocycles. The van der Waals surface area contributed by atoms with Gasteiger partial charge in [-0.25, -0.2) is 0 Å². The van der Waals surface area contributed by atoms with Crippen LogP contribution >= 0.6 is 0 Å². The minimum atomic E-state index is 0.375. The molecule has 0 fully saturated rings. The highest BCUT2D eigenvalue weighted by Gasteiger charge is 1.94. The first-order chi connectivity index (χ1) is 4.54. The maximum Gasteiger partial charge on any atom is 0.211 e. The molecule has 0 spiro atoms. The van der Waals surface area contributed by atoms with Crippen LogP contribution in [0.5, 0.6) is 0 Å². The summed E-state index contributed by atoms with van der Waals surface area (Å²) >= 11 is 1.37. The van der Waals surface area contributed by atoms with Gasteiger partial charge in [0.1, 0.15) is 0 Å². The van der Waals surface area contributed by atoms with E-state index in [0.29, 0.717) is 12.2 Å². The molecule has 2 heteroatoms. The molecule has 0 rings (SSSR count). The van der Waals surface area contributed by atoms with Crippen molar-refractivity contribution in [2.45, 2.75) is 52.1 Å². The largest absolute Gasteiger partial charge is 0.376 e. The lowest BCUT2D eigenvalue weighted by Crippen LogP contribution is -2.09. The van der Waals surface area contributed by atoms with Crippen LogP contribution in [0.4, 0.5) is 0 Å². The first-order valence-corrected chi connectivity index (χ1v) is 5.61. The van der Waals surface area contributed by atoms with Gasteiger partial charge in [-0.1, -0.05) is 6.92 Å². The molecule has 0 N–H and O–H groups in total. The van der Waals surface area contributed by atoms with Gasteiger partial charge in [0.25, 0.3) is 0 Å². The average molecular weight is 160 g/mol. The molecule has 0 atom stereocenters. The first-order valence-electron chi connectivity index (χ1n) is 4.20. The zero-order valence-electron chi connectivity index (χ0n) is 8.27. The van der Waals surface area contributed by atoms with Gasteiger partial charge in [-0.2, -0.15) is 0 Å². The summed E-state index contributed by atoms with van der Waals surface area (Å²) in [6.07, 6.45) is 0.750. The summed E-state index contributed by atoms with van der Waals surface area (Å²) in [7, 11) is 0. The van der Waals surface area contributed by atoms with Crippen LogP contribution in [-0.4, -0.2) is 28.5 Å². The fourth-order valence-corrected chi connectivity index (χ4v) is 0.544. The zero-order valence-corrected chi connectivity index (χ0v) is 10.3. The van der Waals surface area contributed by atoms with E-state index in [2.05, 4.69) is 6.92 Å². The Hall–Kier alpha value is 0.492. The normalized spacial score (nSPS) is 9.50. The van der Waals surface area contributed by atoms with E-state index in [1.54, 1.807) is 0 Å². The summed E-state index contributed by atoms with van der Waals surface area (Å²) in [6, 6.07) is 0. The molecular weight excluding hydrogens is 139 g/mol. The van der Waals surface area contributed by atoms with Gasteiger partial charge in [-0.15, -0.1) is 5.28 Å². The molecule has 0 aliphatic heterocycles. The molecule has 0 amide bonds. The van der Waals surface area contributed by atoms with Crippen molar-refractivity contribution in [1.82, 2.24) is 0 Å². The lowest BCUT2D eigenvalue weighted by Gasteiger charge is -2.09. The van der Waals surface area contributed by atoms with Crippen molar-refractivity contribution in [3.05, 3.63) is 0 Å². The molecule has 0 saturated carbocycles. The predicted octanol–water partition coefficient (Wildman–Crippen LogP) is 1.88. The van der Waals surface area contributed by atoms with Crippen LogP contribution in [0.25, 0.3) is 0 Å². The molecule has 62 valence electrons. The third kappa shape index (κ3) is 23.6. The number of hydrogen-bond donors (Lipinski definition) is 0. The lowest BCUT2D eigenvalue weighted by molar-refractivity contribution is 0.0300. The molecule has 0 heterocycles. The predicted molar refractivity (Wildman–Crippen MR) is 50.4 cm³/mol. The molecule has 0 aromatic heterocycles. The van der Waals surface area contributed by atoms with E-state index in [1.807, 2.05) is 27.7 Å². The Morgan fingerprint density at radius 2 is 1.30 bits per heavy atom. The highest BCUT2D eigenvalue weighted by molar-refractivity contribution is 6.08. The molecule has 0 aliphatic rings. The monoisotopic (exact) mass is 160 g/mol. The van der Waals surface area contributed by atoms with Gasteiger partial charge in [0, 0.05) is 0 Å². The standard InChI is InChI=1S/C6H14O.C2H5.Al.2H/c1-5(2)7-6(3)4;1-2;;;/h5-6H,1-4H3;1H2,2H3;;;. The molecular formula is C8H21AlO. The molecule has 0 radical (unpaired) electrons. The molecule has 0 bridgehead atoms. The van der Waals surface area contributed by atoms with Gasteiger partial charge in [0.15, 0.2) is 0 Å².